The fourth-order valence-electron chi connectivity index (χ4n) is 2.11. The highest BCUT2D eigenvalue weighted by atomic mass is 32.1. The third-order valence-corrected chi connectivity index (χ3v) is 3.43. The first-order valence-electron chi connectivity index (χ1n) is 6.63. The molecule has 5 heteroatoms. The molecule has 0 saturated heterocycles. The Morgan fingerprint density at radius 1 is 1.10 bits per heavy atom. The molecule has 21 heavy (non-hydrogen) atoms. The highest BCUT2D eigenvalue weighted by molar-refractivity contribution is 7.81. The van der Waals surface area contributed by atoms with E-state index in [0.717, 1.165) is 22.4 Å². The second-order valence-corrected chi connectivity index (χ2v) is 4.89. The van der Waals surface area contributed by atoms with E-state index in [1.807, 2.05) is 67.6 Å². The van der Waals surface area contributed by atoms with Crippen molar-refractivity contribution in [3.05, 3.63) is 60.7 Å². The topological polar surface area (TPSA) is 42.7 Å². The molecule has 0 bridgehead atoms. The van der Waals surface area contributed by atoms with E-state index >= 15 is 0 Å². The Morgan fingerprint density at radius 2 is 1.81 bits per heavy atom. The summed E-state index contributed by atoms with van der Waals surface area (Å²) in [6, 6.07) is 17.6. The van der Waals surface area contributed by atoms with Crippen LogP contribution in [-0.2, 0) is 0 Å². The van der Waals surface area contributed by atoms with E-state index in [2.05, 4.69) is 15.6 Å². The molecule has 104 valence electrons. The molecule has 0 fully saturated rings. The third-order valence-electron chi connectivity index (χ3n) is 3.12. The number of rotatable bonds is 3. The lowest BCUT2D eigenvalue weighted by molar-refractivity contribution is 0.849. The summed E-state index contributed by atoms with van der Waals surface area (Å²) in [5.74, 6) is 0. The minimum absolute atomic E-state index is 0.611. The SMILES string of the molecule is CC=C(C(=S)Nc1ccccc1)n1nnc2ccccc21. The van der Waals surface area contributed by atoms with Crippen molar-refractivity contribution in [1.82, 2.24) is 15.0 Å². The first-order valence-corrected chi connectivity index (χ1v) is 7.04. The van der Waals surface area contributed by atoms with Gasteiger partial charge in [0.05, 0.1) is 11.2 Å². The van der Waals surface area contributed by atoms with E-state index in [1.165, 1.54) is 0 Å². The van der Waals surface area contributed by atoms with Gasteiger partial charge in [-0.25, -0.2) is 4.68 Å². The average molecular weight is 294 g/mol. The lowest BCUT2D eigenvalue weighted by Gasteiger charge is -2.11. The standard InChI is InChI=1S/C16H14N4S/c1-2-14(16(21)17-12-8-4-3-5-9-12)20-15-11-7-6-10-13(15)18-19-20/h2-11H,1H3,(H,17,21). The van der Waals surface area contributed by atoms with Gasteiger partial charge in [-0.15, -0.1) is 5.10 Å². The zero-order valence-electron chi connectivity index (χ0n) is 11.5. The van der Waals surface area contributed by atoms with Crippen LogP contribution in [0.1, 0.15) is 6.92 Å². The molecule has 0 spiro atoms. The summed E-state index contributed by atoms with van der Waals surface area (Å²) in [4.78, 5) is 0.611. The van der Waals surface area contributed by atoms with Gasteiger partial charge in [-0.2, -0.15) is 0 Å². The predicted octanol–water partition coefficient (Wildman–Crippen LogP) is 3.73. The molecule has 0 unspecified atom stereocenters. The van der Waals surface area contributed by atoms with E-state index in [4.69, 9.17) is 12.2 Å². The minimum Gasteiger partial charge on any atom is -0.345 e. The van der Waals surface area contributed by atoms with E-state index in [1.54, 1.807) is 4.68 Å². The van der Waals surface area contributed by atoms with Gasteiger partial charge in [-0.05, 0) is 31.2 Å². The smallest absolute Gasteiger partial charge is 0.129 e. The Balaban J connectivity index is 1.94. The zero-order chi connectivity index (χ0) is 14.7. The fourth-order valence-corrected chi connectivity index (χ4v) is 2.44. The number of hydrogen-bond donors (Lipinski definition) is 1. The number of allylic oxidation sites excluding steroid dienone is 1. The molecule has 1 aromatic heterocycles. The summed E-state index contributed by atoms with van der Waals surface area (Å²) < 4.78 is 1.76. The number of hydrogen-bond acceptors (Lipinski definition) is 3. The highest BCUT2D eigenvalue weighted by Crippen LogP contribution is 2.17. The predicted molar refractivity (Wildman–Crippen MR) is 90.1 cm³/mol. The van der Waals surface area contributed by atoms with Gasteiger partial charge < -0.3 is 5.32 Å². The Kier molecular flexibility index (Phi) is 3.75. The average Bonchev–Trinajstić information content (AvgIpc) is 2.93. The summed E-state index contributed by atoms with van der Waals surface area (Å²) in [5, 5.41) is 11.6. The largest absolute Gasteiger partial charge is 0.345 e. The zero-order valence-corrected chi connectivity index (χ0v) is 12.3. The maximum Gasteiger partial charge on any atom is 0.129 e. The van der Waals surface area contributed by atoms with Gasteiger partial charge in [0.1, 0.15) is 10.5 Å². The van der Waals surface area contributed by atoms with Gasteiger partial charge in [0, 0.05) is 5.69 Å². The quantitative estimate of drug-likeness (QED) is 0.590. The molecule has 0 radical (unpaired) electrons. The number of aromatic nitrogens is 3. The van der Waals surface area contributed by atoms with Crippen LogP contribution in [-0.4, -0.2) is 20.0 Å². The van der Waals surface area contributed by atoms with Crippen LogP contribution >= 0.6 is 12.2 Å². The summed E-state index contributed by atoms with van der Waals surface area (Å²) in [6.45, 7) is 1.94. The van der Waals surface area contributed by atoms with Gasteiger partial charge in [0.2, 0.25) is 0 Å². The third kappa shape index (κ3) is 2.68. The summed E-state index contributed by atoms with van der Waals surface area (Å²) in [6.07, 6.45) is 1.93. The molecule has 4 nitrogen and oxygen atoms in total. The number of anilines is 1. The summed E-state index contributed by atoms with van der Waals surface area (Å²) >= 11 is 5.50. The van der Waals surface area contributed by atoms with Gasteiger partial charge >= 0.3 is 0 Å². The Morgan fingerprint density at radius 3 is 2.57 bits per heavy atom. The summed E-state index contributed by atoms with van der Waals surface area (Å²) in [7, 11) is 0. The number of benzene rings is 2. The molecule has 3 rings (SSSR count). The number of nitrogens with zero attached hydrogens (tertiary/aromatic N) is 3. The maximum atomic E-state index is 5.50. The first-order chi connectivity index (χ1) is 10.3. The lowest BCUT2D eigenvalue weighted by Crippen LogP contribution is -2.16. The normalized spacial score (nSPS) is 11.6. The molecule has 0 atom stereocenters. The Hall–Kier alpha value is -2.53. The van der Waals surface area contributed by atoms with Crippen molar-refractivity contribution in [2.45, 2.75) is 6.92 Å². The molecule has 0 aliphatic heterocycles. The van der Waals surface area contributed by atoms with E-state index < -0.39 is 0 Å². The van der Waals surface area contributed by atoms with E-state index in [9.17, 15) is 0 Å². The van der Waals surface area contributed by atoms with E-state index in [-0.39, 0.29) is 0 Å². The van der Waals surface area contributed by atoms with Crippen molar-refractivity contribution < 1.29 is 0 Å². The van der Waals surface area contributed by atoms with Crippen molar-refractivity contribution in [3.63, 3.8) is 0 Å². The van der Waals surface area contributed by atoms with Crippen molar-refractivity contribution in [1.29, 1.82) is 0 Å². The number of thiocarbonyl (C=S) groups is 1. The van der Waals surface area contributed by atoms with Crippen LogP contribution in [0.25, 0.3) is 16.7 Å². The van der Waals surface area contributed by atoms with Crippen molar-refractivity contribution in [2.24, 2.45) is 0 Å². The highest BCUT2D eigenvalue weighted by Gasteiger charge is 2.12. The Labute approximate surface area is 128 Å². The van der Waals surface area contributed by atoms with Crippen LogP contribution in [0.3, 0.4) is 0 Å². The van der Waals surface area contributed by atoms with Gasteiger partial charge in [-0.1, -0.05) is 53.8 Å². The molecular weight excluding hydrogens is 280 g/mol. The maximum absolute atomic E-state index is 5.50. The molecular formula is C16H14N4S. The lowest BCUT2D eigenvalue weighted by atomic mass is 10.3. The van der Waals surface area contributed by atoms with Gasteiger partial charge in [0.15, 0.2) is 0 Å². The van der Waals surface area contributed by atoms with Crippen LogP contribution in [0.2, 0.25) is 0 Å². The van der Waals surface area contributed by atoms with Crippen LogP contribution in [0.5, 0.6) is 0 Å². The number of nitrogens with one attached hydrogen (secondary N) is 1. The Bertz CT molecular complexity index is 805. The monoisotopic (exact) mass is 294 g/mol. The van der Waals surface area contributed by atoms with Gasteiger partial charge in [0.25, 0.3) is 0 Å². The minimum atomic E-state index is 0.611. The second-order valence-electron chi connectivity index (χ2n) is 4.48. The number of fused-ring (bicyclic) bond motifs is 1. The molecule has 2 aromatic carbocycles. The molecule has 3 aromatic rings. The molecule has 1 N–H and O–H groups in total. The molecule has 1 heterocycles. The van der Waals surface area contributed by atoms with Gasteiger partial charge in [-0.3, -0.25) is 0 Å². The van der Waals surface area contributed by atoms with Crippen LogP contribution in [0.15, 0.2) is 60.7 Å². The van der Waals surface area contributed by atoms with Crippen molar-refractivity contribution in [3.8, 4) is 0 Å². The molecule has 0 amide bonds. The van der Waals surface area contributed by atoms with Crippen LogP contribution in [0, 0.1) is 0 Å². The van der Waals surface area contributed by atoms with E-state index in [0.29, 0.717) is 4.99 Å². The molecule has 0 aliphatic rings. The van der Waals surface area contributed by atoms with Crippen molar-refractivity contribution in [2.75, 3.05) is 5.32 Å². The fraction of sp³-hybridized carbons (Fsp3) is 0.0625. The first kappa shape index (κ1) is 13.5. The van der Waals surface area contributed by atoms with Crippen LogP contribution < -0.4 is 5.32 Å². The van der Waals surface area contributed by atoms with Crippen LogP contribution in [0.4, 0.5) is 5.69 Å². The molecule has 0 saturated carbocycles. The summed E-state index contributed by atoms with van der Waals surface area (Å²) in [5.41, 5.74) is 3.54. The number of para-hydroxylation sites is 2. The molecule has 0 aliphatic carbocycles. The van der Waals surface area contributed by atoms with Crippen molar-refractivity contribution >= 4 is 39.6 Å². The second kappa shape index (κ2) is 5.85.